The first-order valence-corrected chi connectivity index (χ1v) is 11.2. The monoisotopic (exact) mass is 415 g/mol. The molecule has 0 aromatic carbocycles. The van der Waals surface area contributed by atoms with Crippen LogP contribution in [0.4, 0.5) is 4.79 Å². The molecule has 0 spiro atoms. The smallest absolute Gasteiger partial charge is 0.318 e. The van der Waals surface area contributed by atoms with E-state index in [-0.39, 0.29) is 36.9 Å². The van der Waals surface area contributed by atoms with Gasteiger partial charge in [-0.1, -0.05) is 13.8 Å². The van der Waals surface area contributed by atoms with Crippen molar-refractivity contribution in [2.45, 2.75) is 58.5 Å². The molecule has 0 radical (unpaired) electrons. The van der Waals surface area contributed by atoms with E-state index in [1.165, 1.54) is 41.0 Å². The van der Waals surface area contributed by atoms with E-state index in [2.05, 4.69) is 46.8 Å². The van der Waals surface area contributed by atoms with Crippen LogP contribution in [0.5, 0.6) is 0 Å². The molecule has 1 aliphatic heterocycles. The second-order valence-corrected chi connectivity index (χ2v) is 9.26. The zero-order valence-corrected chi connectivity index (χ0v) is 18.2. The van der Waals surface area contributed by atoms with Gasteiger partial charge in [0.15, 0.2) is 0 Å². The Morgan fingerprint density at radius 3 is 2.83 bits per heavy atom. The van der Waals surface area contributed by atoms with Crippen molar-refractivity contribution in [3.8, 4) is 5.00 Å². The van der Waals surface area contributed by atoms with Crippen molar-refractivity contribution in [1.29, 1.82) is 0 Å². The number of nitrogens with zero attached hydrogens (tertiary/aromatic N) is 2. The minimum atomic E-state index is -0.315. The largest absolute Gasteiger partial charge is 0.469 e. The second kappa shape index (κ2) is 8.22. The van der Waals surface area contributed by atoms with Gasteiger partial charge in [-0.25, -0.2) is 4.79 Å². The summed E-state index contributed by atoms with van der Waals surface area (Å²) in [5.74, 6) is -0.0514. The Labute approximate surface area is 175 Å². The van der Waals surface area contributed by atoms with Gasteiger partial charge >= 0.3 is 12.0 Å². The van der Waals surface area contributed by atoms with Gasteiger partial charge in [0.1, 0.15) is 5.00 Å². The van der Waals surface area contributed by atoms with E-state index in [4.69, 9.17) is 0 Å². The SMILES string of the molecule is COC(=O)CCNC(=O)N1Cc2c(sc3c2CCCC3)-n2cccc2C1C(C)C. The third-order valence-corrected chi connectivity index (χ3v) is 7.28. The summed E-state index contributed by atoms with van der Waals surface area (Å²) in [6, 6.07) is 4.06. The molecule has 2 aromatic rings. The van der Waals surface area contributed by atoms with Crippen molar-refractivity contribution in [3.05, 3.63) is 40.0 Å². The number of esters is 1. The molecule has 0 saturated carbocycles. The summed E-state index contributed by atoms with van der Waals surface area (Å²) < 4.78 is 6.98. The number of amides is 2. The third kappa shape index (κ3) is 3.68. The van der Waals surface area contributed by atoms with Crippen LogP contribution in [-0.2, 0) is 28.9 Å². The molecule has 0 fully saturated rings. The van der Waals surface area contributed by atoms with Gasteiger partial charge in [0.2, 0.25) is 0 Å². The van der Waals surface area contributed by atoms with Gasteiger partial charge < -0.3 is 19.5 Å². The first kappa shape index (κ1) is 20.0. The summed E-state index contributed by atoms with van der Waals surface area (Å²) in [5, 5.41) is 4.21. The number of ether oxygens (including phenoxy) is 1. The molecule has 1 atom stereocenters. The van der Waals surface area contributed by atoms with Gasteiger partial charge in [-0.15, -0.1) is 11.3 Å². The number of carbonyl (C=O) groups excluding carboxylic acids is 2. The third-order valence-electron chi connectivity index (χ3n) is 5.95. The minimum absolute atomic E-state index is 0.0260. The van der Waals surface area contributed by atoms with Crippen LogP contribution >= 0.6 is 11.3 Å². The summed E-state index contributed by atoms with van der Waals surface area (Å²) in [6.07, 6.45) is 7.01. The Balaban J connectivity index is 1.70. The summed E-state index contributed by atoms with van der Waals surface area (Å²) >= 11 is 1.89. The average molecular weight is 416 g/mol. The molecule has 0 saturated heterocycles. The highest BCUT2D eigenvalue weighted by molar-refractivity contribution is 7.15. The molecule has 156 valence electrons. The highest BCUT2D eigenvalue weighted by atomic mass is 32.1. The van der Waals surface area contributed by atoms with Crippen LogP contribution in [0.1, 0.15) is 60.8 Å². The second-order valence-electron chi connectivity index (χ2n) is 8.17. The Morgan fingerprint density at radius 1 is 1.28 bits per heavy atom. The van der Waals surface area contributed by atoms with E-state index in [0.29, 0.717) is 6.54 Å². The average Bonchev–Trinajstić information content (AvgIpc) is 3.29. The van der Waals surface area contributed by atoms with Crippen molar-refractivity contribution in [2.75, 3.05) is 13.7 Å². The molecule has 4 rings (SSSR count). The van der Waals surface area contributed by atoms with E-state index in [0.717, 1.165) is 18.5 Å². The number of carbonyl (C=O) groups is 2. The van der Waals surface area contributed by atoms with Crippen LogP contribution in [0.15, 0.2) is 18.3 Å². The van der Waals surface area contributed by atoms with Crippen molar-refractivity contribution >= 4 is 23.3 Å². The van der Waals surface area contributed by atoms with Gasteiger partial charge in [-0.2, -0.15) is 0 Å². The standard InChI is InChI=1S/C22H29N3O3S/c1-14(2)20-17-8-6-12-24(17)21-16(15-7-4-5-9-18(15)29-21)13-25(20)22(27)23-11-10-19(26)28-3/h6,8,12,14,20H,4-5,7,9-11,13H2,1-3H3,(H,23,27). The number of thiophene rings is 1. The maximum atomic E-state index is 13.2. The van der Waals surface area contributed by atoms with Crippen LogP contribution in [-0.4, -0.2) is 35.1 Å². The molecular formula is C22H29N3O3S. The van der Waals surface area contributed by atoms with Gasteiger partial charge in [0.25, 0.3) is 0 Å². The molecule has 3 heterocycles. The van der Waals surface area contributed by atoms with Crippen molar-refractivity contribution < 1.29 is 14.3 Å². The first-order chi connectivity index (χ1) is 14.0. The summed E-state index contributed by atoms with van der Waals surface area (Å²) in [6.45, 7) is 5.20. The fourth-order valence-corrected chi connectivity index (χ4v) is 6.00. The number of rotatable bonds is 4. The van der Waals surface area contributed by atoms with E-state index in [1.54, 1.807) is 0 Å². The van der Waals surface area contributed by atoms with Gasteiger partial charge in [0, 0.05) is 28.9 Å². The maximum absolute atomic E-state index is 13.2. The lowest BCUT2D eigenvalue weighted by Crippen LogP contribution is -2.44. The van der Waals surface area contributed by atoms with Crippen LogP contribution in [0.2, 0.25) is 0 Å². The zero-order valence-electron chi connectivity index (χ0n) is 17.4. The number of hydrogen-bond donors (Lipinski definition) is 1. The van der Waals surface area contributed by atoms with Crippen molar-refractivity contribution in [3.63, 3.8) is 0 Å². The quantitative estimate of drug-likeness (QED) is 0.761. The lowest BCUT2D eigenvalue weighted by molar-refractivity contribution is -0.140. The Kier molecular flexibility index (Phi) is 5.67. The summed E-state index contributed by atoms with van der Waals surface area (Å²) in [5.41, 5.74) is 3.90. The predicted molar refractivity (Wildman–Crippen MR) is 113 cm³/mol. The number of aromatic nitrogens is 1. The van der Waals surface area contributed by atoms with E-state index in [1.807, 2.05) is 16.2 Å². The fraction of sp³-hybridized carbons (Fsp3) is 0.545. The summed E-state index contributed by atoms with van der Waals surface area (Å²) in [4.78, 5) is 28.1. The van der Waals surface area contributed by atoms with E-state index >= 15 is 0 Å². The van der Waals surface area contributed by atoms with Crippen LogP contribution in [0.3, 0.4) is 0 Å². The topological polar surface area (TPSA) is 63.6 Å². The molecule has 2 aliphatic rings. The lowest BCUT2D eigenvalue weighted by atomic mass is 9.94. The number of hydrogen-bond acceptors (Lipinski definition) is 4. The predicted octanol–water partition coefficient (Wildman–Crippen LogP) is 4.20. The number of nitrogens with one attached hydrogen (secondary N) is 1. The van der Waals surface area contributed by atoms with E-state index < -0.39 is 0 Å². The molecule has 1 aliphatic carbocycles. The van der Waals surface area contributed by atoms with Gasteiger partial charge in [0.05, 0.1) is 26.1 Å². The molecule has 1 N–H and O–H groups in total. The maximum Gasteiger partial charge on any atom is 0.318 e. The number of aryl methyl sites for hydroxylation is 1. The molecule has 29 heavy (non-hydrogen) atoms. The summed E-state index contributed by atoms with van der Waals surface area (Å²) in [7, 11) is 1.36. The fourth-order valence-electron chi connectivity index (χ4n) is 4.60. The normalized spacial score (nSPS) is 17.9. The van der Waals surface area contributed by atoms with Crippen molar-refractivity contribution in [1.82, 2.24) is 14.8 Å². The molecule has 2 amide bonds. The molecule has 7 heteroatoms. The minimum Gasteiger partial charge on any atom is -0.469 e. The molecule has 6 nitrogen and oxygen atoms in total. The zero-order chi connectivity index (χ0) is 20.5. The highest BCUT2D eigenvalue weighted by Crippen LogP contribution is 2.43. The van der Waals surface area contributed by atoms with Crippen molar-refractivity contribution in [2.24, 2.45) is 5.92 Å². The Morgan fingerprint density at radius 2 is 2.07 bits per heavy atom. The first-order valence-electron chi connectivity index (χ1n) is 10.4. The number of fused-ring (bicyclic) bond motifs is 5. The van der Waals surface area contributed by atoms with Crippen LogP contribution in [0, 0.1) is 5.92 Å². The van der Waals surface area contributed by atoms with Gasteiger partial charge in [-0.05, 0) is 49.3 Å². The Bertz CT molecular complexity index is 915. The van der Waals surface area contributed by atoms with Gasteiger partial charge in [-0.3, -0.25) is 4.79 Å². The van der Waals surface area contributed by atoms with Crippen LogP contribution in [0.25, 0.3) is 5.00 Å². The molecule has 2 aromatic heterocycles. The van der Waals surface area contributed by atoms with Crippen LogP contribution < -0.4 is 5.32 Å². The molecule has 0 bridgehead atoms. The molecule has 1 unspecified atom stereocenters. The highest BCUT2D eigenvalue weighted by Gasteiger charge is 2.36. The Hall–Kier alpha value is -2.28. The number of urea groups is 1. The van der Waals surface area contributed by atoms with E-state index in [9.17, 15) is 9.59 Å². The molecular weight excluding hydrogens is 386 g/mol. The number of methoxy groups -OCH3 is 1. The lowest BCUT2D eigenvalue weighted by Gasteiger charge is -2.33.